The summed E-state index contributed by atoms with van der Waals surface area (Å²) >= 11 is 0. The maximum atomic E-state index is 13.0. The predicted octanol–water partition coefficient (Wildman–Crippen LogP) is 5.55. The van der Waals surface area contributed by atoms with Gasteiger partial charge in [-0.05, 0) is 63.9 Å². The van der Waals surface area contributed by atoms with Crippen LogP contribution in [-0.4, -0.2) is 28.8 Å². The first-order chi connectivity index (χ1) is 14.8. The van der Waals surface area contributed by atoms with Gasteiger partial charge in [-0.15, -0.1) is 0 Å². The molecule has 0 saturated carbocycles. The van der Waals surface area contributed by atoms with E-state index in [1.807, 2.05) is 51.1 Å². The summed E-state index contributed by atoms with van der Waals surface area (Å²) < 4.78 is 44.9. The highest BCUT2D eigenvalue weighted by Crippen LogP contribution is 2.33. The summed E-state index contributed by atoms with van der Waals surface area (Å²) in [7, 11) is 1.61. The molecule has 0 unspecified atom stereocenters. The van der Waals surface area contributed by atoms with Gasteiger partial charge in [0.25, 0.3) is 0 Å². The van der Waals surface area contributed by atoms with Crippen molar-refractivity contribution in [2.45, 2.75) is 52.0 Å². The first kappa shape index (κ1) is 24.0. The molecule has 0 saturated heterocycles. The van der Waals surface area contributed by atoms with E-state index < -0.39 is 22.9 Å². The molecule has 3 rings (SSSR count). The minimum atomic E-state index is -4.39. The number of nitrogens with zero attached hydrogens (tertiary/aromatic N) is 1. The summed E-state index contributed by atoms with van der Waals surface area (Å²) in [5.41, 5.74) is 1.96. The molecule has 1 radical (unpaired) electrons. The van der Waals surface area contributed by atoms with E-state index in [0.29, 0.717) is 11.1 Å². The number of rotatable bonds is 6. The van der Waals surface area contributed by atoms with Crippen LogP contribution in [0.5, 0.6) is 0 Å². The van der Waals surface area contributed by atoms with Crippen molar-refractivity contribution in [1.82, 2.24) is 4.98 Å². The van der Waals surface area contributed by atoms with E-state index in [2.05, 4.69) is 4.98 Å². The molecule has 32 heavy (non-hydrogen) atoms. The van der Waals surface area contributed by atoms with E-state index >= 15 is 0 Å². The molecule has 3 aromatic rings. The normalized spacial score (nSPS) is 12.7. The van der Waals surface area contributed by atoms with Crippen LogP contribution in [0.3, 0.4) is 0 Å². The maximum absolute atomic E-state index is 13.0. The number of aryl methyl sites for hydroxylation is 1. The summed E-state index contributed by atoms with van der Waals surface area (Å²) in [6.45, 7) is 8.88. The number of pyridine rings is 1. The molecule has 0 spiro atoms. The van der Waals surface area contributed by atoms with Gasteiger partial charge in [0.05, 0.1) is 22.5 Å². The van der Waals surface area contributed by atoms with Gasteiger partial charge in [-0.25, -0.2) is 0 Å². The molecule has 3 nitrogen and oxygen atoms in total. The van der Waals surface area contributed by atoms with Crippen LogP contribution in [0.2, 0.25) is 0 Å². The van der Waals surface area contributed by atoms with Crippen molar-refractivity contribution < 1.29 is 22.9 Å². The molecule has 1 heterocycles. The van der Waals surface area contributed by atoms with Gasteiger partial charge >= 0.3 is 13.7 Å². The van der Waals surface area contributed by atoms with Crippen LogP contribution in [0, 0.1) is 6.92 Å². The molecule has 1 aromatic heterocycles. The van der Waals surface area contributed by atoms with Crippen molar-refractivity contribution in [2.24, 2.45) is 0 Å². The Kier molecular flexibility index (Phi) is 6.54. The quantitative estimate of drug-likeness (QED) is 0.511. The fraction of sp³-hybridized carbons (Fsp3) is 0.320. The Morgan fingerprint density at radius 1 is 0.906 bits per heavy atom. The Bertz CT molecular complexity index is 1090. The molecule has 0 amide bonds. The van der Waals surface area contributed by atoms with Crippen molar-refractivity contribution >= 4 is 12.9 Å². The van der Waals surface area contributed by atoms with Crippen molar-refractivity contribution in [1.29, 1.82) is 0 Å². The Labute approximate surface area is 187 Å². The fourth-order valence-corrected chi connectivity index (χ4v) is 2.97. The third-order valence-corrected chi connectivity index (χ3v) is 5.78. The van der Waals surface area contributed by atoms with Crippen LogP contribution < -0.4 is 5.46 Å². The largest absolute Gasteiger partial charge is 0.427 e. The topological polar surface area (TPSA) is 42.4 Å². The highest BCUT2D eigenvalue weighted by molar-refractivity contribution is 6.47. The maximum Gasteiger partial charge on any atom is 0.416 e. The number of halogens is 3. The van der Waals surface area contributed by atoms with Crippen LogP contribution in [-0.2, 0) is 10.8 Å². The third-order valence-electron chi connectivity index (χ3n) is 5.78. The van der Waals surface area contributed by atoms with Crippen molar-refractivity contribution in [2.75, 3.05) is 0 Å². The van der Waals surface area contributed by atoms with Gasteiger partial charge in [0.2, 0.25) is 0 Å². The molecule has 0 aliphatic rings. The summed E-state index contributed by atoms with van der Waals surface area (Å²) in [5, 5.41) is 10.2. The van der Waals surface area contributed by atoms with Gasteiger partial charge in [-0.2, -0.15) is 13.2 Å². The number of alkyl halides is 3. The minimum Gasteiger partial charge on any atom is -0.427 e. The minimum absolute atomic E-state index is 0.480. The lowest BCUT2D eigenvalue weighted by Crippen LogP contribution is -2.49. The Morgan fingerprint density at radius 2 is 1.56 bits per heavy atom. The summed E-state index contributed by atoms with van der Waals surface area (Å²) in [4.78, 5) is 4.47. The fourth-order valence-electron chi connectivity index (χ4n) is 2.97. The molecule has 0 aliphatic heterocycles. The average Bonchev–Trinajstić information content (AvgIpc) is 2.71. The molecule has 167 valence electrons. The van der Waals surface area contributed by atoms with Crippen molar-refractivity contribution in [3.63, 3.8) is 0 Å². The number of aliphatic hydroxyl groups is 1. The van der Waals surface area contributed by atoms with Crippen LogP contribution in [0.4, 0.5) is 13.2 Å². The summed E-state index contributed by atoms with van der Waals surface area (Å²) in [6, 6.07) is 14.7. The Hall–Kier alpha value is -2.64. The molecule has 0 fully saturated rings. The standard InChI is InChI=1S/C25H26BF3NO2/c1-16-13-22(30-15-21(16)18-7-6-8-19(14-18)25(27,28)29)17-9-11-20(12-10-17)26-32-24(4,5)23(2,3)31/h6-15,31H,1-5H3. The average molecular weight is 440 g/mol. The first-order valence-corrected chi connectivity index (χ1v) is 10.3. The smallest absolute Gasteiger partial charge is 0.416 e. The highest BCUT2D eigenvalue weighted by Gasteiger charge is 2.35. The zero-order valence-corrected chi connectivity index (χ0v) is 18.8. The second-order valence-corrected chi connectivity index (χ2v) is 8.89. The SMILES string of the molecule is Cc1cc(-c2ccc([B]OC(C)(C)C(C)(C)O)cc2)ncc1-c1cccc(C(F)(F)F)c1. The molecular formula is C25H26BF3NO2. The second-order valence-electron chi connectivity index (χ2n) is 8.89. The Balaban J connectivity index is 1.78. The first-order valence-electron chi connectivity index (χ1n) is 10.3. The van der Waals surface area contributed by atoms with Gasteiger partial charge in [0, 0.05) is 17.3 Å². The Morgan fingerprint density at radius 3 is 2.12 bits per heavy atom. The van der Waals surface area contributed by atoms with Crippen LogP contribution >= 0.6 is 0 Å². The molecule has 2 aromatic carbocycles. The highest BCUT2D eigenvalue weighted by atomic mass is 19.4. The lowest BCUT2D eigenvalue weighted by Gasteiger charge is -2.37. The second kappa shape index (κ2) is 8.72. The summed E-state index contributed by atoms with van der Waals surface area (Å²) in [5.74, 6) is 0. The monoisotopic (exact) mass is 440 g/mol. The predicted molar refractivity (Wildman–Crippen MR) is 122 cm³/mol. The third kappa shape index (κ3) is 5.40. The molecule has 1 N–H and O–H groups in total. The lowest BCUT2D eigenvalue weighted by atomic mass is 9.82. The van der Waals surface area contributed by atoms with E-state index in [1.165, 1.54) is 6.07 Å². The van der Waals surface area contributed by atoms with E-state index in [9.17, 15) is 18.3 Å². The van der Waals surface area contributed by atoms with Crippen LogP contribution in [0.15, 0.2) is 60.8 Å². The van der Waals surface area contributed by atoms with Crippen molar-refractivity contribution in [3.8, 4) is 22.4 Å². The molecule has 0 bridgehead atoms. The van der Waals surface area contributed by atoms with Crippen LogP contribution in [0.25, 0.3) is 22.4 Å². The van der Waals surface area contributed by atoms with Crippen LogP contribution in [0.1, 0.15) is 38.8 Å². The van der Waals surface area contributed by atoms with Gasteiger partial charge in [0.15, 0.2) is 0 Å². The number of hydrogen-bond acceptors (Lipinski definition) is 3. The molecule has 7 heteroatoms. The zero-order valence-electron chi connectivity index (χ0n) is 18.8. The molecular weight excluding hydrogens is 414 g/mol. The lowest BCUT2D eigenvalue weighted by molar-refractivity contribution is -0.137. The number of aromatic nitrogens is 1. The summed E-state index contributed by atoms with van der Waals surface area (Å²) in [6.07, 6.45) is -2.78. The van der Waals surface area contributed by atoms with Gasteiger partial charge < -0.3 is 9.76 Å². The van der Waals surface area contributed by atoms with Crippen molar-refractivity contribution in [3.05, 3.63) is 71.9 Å². The molecule has 0 atom stereocenters. The van der Waals surface area contributed by atoms with E-state index in [-0.39, 0.29) is 0 Å². The van der Waals surface area contributed by atoms with Gasteiger partial charge in [0.1, 0.15) is 0 Å². The molecule has 0 aliphatic carbocycles. The van der Waals surface area contributed by atoms with Gasteiger partial charge in [-0.3, -0.25) is 4.98 Å². The van der Waals surface area contributed by atoms with Gasteiger partial charge in [-0.1, -0.05) is 41.9 Å². The number of benzene rings is 2. The van der Waals surface area contributed by atoms with E-state index in [1.54, 1.807) is 33.6 Å². The van der Waals surface area contributed by atoms with E-state index in [0.717, 1.165) is 34.4 Å². The number of hydrogen-bond donors (Lipinski definition) is 1. The van der Waals surface area contributed by atoms with E-state index in [4.69, 9.17) is 4.65 Å². The zero-order chi connectivity index (χ0) is 23.7.